The van der Waals surface area contributed by atoms with Crippen molar-refractivity contribution in [2.45, 2.75) is 6.54 Å². The Labute approximate surface area is 160 Å². The van der Waals surface area contributed by atoms with Gasteiger partial charge >= 0.3 is 0 Å². The van der Waals surface area contributed by atoms with Crippen molar-refractivity contribution in [3.63, 3.8) is 0 Å². The van der Waals surface area contributed by atoms with Gasteiger partial charge < -0.3 is 9.88 Å². The van der Waals surface area contributed by atoms with E-state index in [1.165, 1.54) is 5.39 Å². The summed E-state index contributed by atoms with van der Waals surface area (Å²) in [6.45, 7) is 0.493. The minimum absolute atomic E-state index is 0.121. The third-order valence-corrected chi connectivity index (χ3v) is 4.77. The molecule has 0 unspecified atom stereocenters. The van der Waals surface area contributed by atoms with E-state index in [4.69, 9.17) is 12.2 Å². The van der Waals surface area contributed by atoms with E-state index in [0.717, 1.165) is 10.9 Å². The fourth-order valence-corrected chi connectivity index (χ4v) is 3.41. The summed E-state index contributed by atoms with van der Waals surface area (Å²) in [5, 5.41) is 2.79. The molecule has 0 aliphatic heterocycles. The first kappa shape index (κ1) is 17.2. The molecule has 0 radical (unpaired) electrons. The molecule has 6 heteroatoms. The maximum atomic E-state index is 12.8. The van der Waals surface area contributed by atoms with Gasteiger partial charge in [0.25, 0.3) is 11.5 Å². The van der Waals surface area contributed by atoms with Crippen molar-refractivity contribution >= 4 is 39.8 Å². The van der Waals surface area contributed by atoms with Crippen LogP contribution in [0.4, 0.5) is 0 Å². The first-order valence-electron chi connectivity index (χ1n) is 8.51. The third kappa shape index (κ3) is 3.39. The number of fused-ring (bicyclic) bond motifs is 2. The van der Waals surface area contributed by atoms with Crippen LogP contribution in [0.15, 0.2) is 65.5 Å². The predicted octanol–water partition coefficient (Wildman–Crippen LogP) is 4.01. The van der Waals surface area contributed by atoms with Crippen molar-refractivity contribution in [2.24, 2.45) is 0 Å². The van der Waals surface area contributed by atoms with Crippen LogP contribution in [0.1, 0.15) is 15.9 Å². The lowest BCUT2D eigenvalue weighted by Gasteiger charge is -2.18. The van der Waals surface area contributed by atoms with Crippen LogP contribution in [0.25, 0.3) is 21.7 Å². The molecule has 5 nitrogen and oxygen atoms in total. The van der Waals surface area contributed by atoms with E-state index in [9.17, 15) is 9.59 Å². The van der Waals surface area contributed by atoms with Gasteiger partial charge in [-0.15, -0.1) is 0 Å². The van der Waals surface area contributed by atoms with E-state index in [0.29, 0.717) is 23.0 Å². The van der Waals surface area contributed by atoms with Crippen LogP contribution in [-0.4, -0.2) is 27.8 Å². The standard InChI is InChI=1S/C21H17N3O2S/c1-24(12-13-6-7-14-4-2-3-5-15(14)10-13)20(26)16-8-9-17-18(11-16)22-21(27)23-19(17)25/h2-11H,12H2,1H3,(H2,22,23,25,27). The van der Waals surface area contributed by atoms with Crippen molar-refractivity contribution in [3.05, 3.63) is 86.9 Å². The van der Waals surface area contributed by atoms with Crippen LogP contribution in [0.5, 0.6) is 0 Å². The first-order valence-corrected chi connectivity index (χ1v) is 8.91. The zero-order chi connectivity index (χ0) is 19.0. The highest BCUT2D eigenvalue weighted by Crippen LogP contribution is 2.18. The summed E-state index contributed by atoms with van der Waals surface area (Å²) < 4.78 is 0.238. The fraction of sp³-hybridized carbons (Fsp3) is 0.0952. The van der Waals surface area contributed by atoms with Gasteiger partial charge in [0.05, 0.1) is 10.9 Å². The largest absolute Gasteiger partial charge is 0.337 e. The topological polar surface area (TPSA) is 69.0 Å². The number of hydrogen-bond acceptors (Lipinski definition) is 3. The quantitative estimate of drug-likeness (QED) is 0.532. The van der Waals surface area contributed by atoms with E-state index in [-0.39, 0.29) is 16.2 Å². The zero-order valence-electron chi connectivity index (χ0n) is 14.7. The molecule has 1 heterocycles. The van der Waals surface area contributed by atoms with Gasteiger partial charge in [-0.1, -0.05) is 36.4 Å². The number of carbonyl (C=O) groups is 1. The van der Waals surface area contributed by atoms with Gasteiger partial charge in [-0.25, -0.2) is 0 Å². The Balaban J connectivity index is 1.62. The Kier molecular flexibility index (Phi) is 4.33. The SMILES string of the molecule is CN(Cc1ccc2ccccc2c1)C(=O)c1ccc2c(=O)[nH]c(=S)[nH]c2c1. The summed E-state index contributed by atoms with van der Waals surface area (Å²) >= 11 is 5.01. The second-order valence-corrected chi connectivity index (χ2v) is 6.92. The van der Waals surface area contributed by atoms with E-state index in [1.54, 1.807) is 30.1 Å². The van der Waals surface area contributed by atoms with E-state index < -0.39 is 0 Å². The zero-order valence-corrected chi connectivity index (χ0v) is 15.5. The van der Waals surface area contributed by atoms with Gasteiger partial charge in [0.1, 0.15) is 0 Å². The van der Waals surface area contributed by atoms with Crippen molar-refractivity contribution in [1.29, 1.82) is 0 Å². The second-order valence-electron chi connectivity index (χ2n) is 6.51. The fourth-order valence-electron chi connectivity index (χ4n) is 3.21. The molecule has 2 N–H and O–H groups in total. The van der Waals surface area contributed by atoms with Crippen LogP contribution >= 0.6 is 12.2 Å². The smallest absolute Gasteiger partial charge is 0.259 e. The molecule has 0 bridgehead atoms. The van der Waals surface area contributed by atoms with E-state index in [2.05, 4.69) is 34.2 Å². The molecule has 0 atom stereocenters. The lowest BCUT2D eigenvalue weighted by atomic mass is 10.1. The van der Waals surface area contributed by atoms with Crippen molar-refractivity contribution in [1.82, 2.24) is 14.9 Å². The summed E-state index contributed by atoms with van der Waals surface area (Å²) in [5.74, 6) is -0.121. The number of benzene rings is 3. The van der Waals surface area contributed by atoms with Crippen LogP contribution in [0.2, 0.25) is 0 Å². The minimum Gasteiger partial charge on any atom is -0.337 e. The molecule has 0 aliphatic rings. The number of rotatable bonds is 3. The minimum atomic E-state index is -0.266. The average molecular weight is 375 g/mol. The Morgan fingerprint density at radius 1 is 1.00 bits per heavy atom. The number of amides is 1. The molecule has 1 amide bonds. The van der Waals surface area contributed by atoms with Crippen LogP contribution in [-0.2, 0) is 6.54 Å². The van der Waals surface area contributed by atoms with Gasteiger partial charge in [0, 0.05) is 19.2 Å². The molecule has 0 spiro atoms. The summed E-state index contributed by atoms with van der Waals surface area (Å²) in [7, 11) is 1.77. The Morgan fingerprint density at radius 2 is 1.78 bits per heavy atom. The highest BCUT2D eigenvalue weighted by atomic mass is 32.1. The lowest BCUT2D eigenvalue weighted by Crippen LogP contribution is -2.26. The summed E-state index contributed by atoms with van der Waals surface area (Å²) in [4.78, 5) is 31.9. The monoisotopic (exact) mass is 375 g/mol. The maximum Gasteiger partial charge on any atom is 0.259 e. The van der Waals surface area contributed by atoms with Gasteiger partial charge in [-0.3, -0.25) is 14.6 Å². The van der Waals surface area contributed by atoms with Crippen molar-refractivity contribution in [3.8, 4) is 0 Å². The molecule has 0 fully saturated rings. The molecule has 134 valence electrons. The molecule has 4 rings (SSSR count). The second kappa shape index (κ2) is 6.81. The molecule has 0 saturated heterocycles. The molecule has 1 aromatic heterocycles. The molecule has 0 saturated carbocycles. The third-order valence-electron chi connectivity index (χ3n) is 4.57. The molecule has 27 heavy (non-hydrogen) atoms. The predicted molar refractivity (Wildman–Crippen MR) is 109 cm³/mol. The van der Waals surface area contributed by atoms with Crippen LogP contribution < -0.4 is 5.56 Å². The lowest BCUT2D eigenvalue weighted by molar-refractivity contribution is 0.0785. The molecular formula is C21H17N3O2S. The molecule has 4 aromatic rings. The van der Waals surface area contributed by atoms with E-state index in [1.807, 2.05) is 18.2 Å². The van der Waals surface area contributed by atoms with Crippen LogP contribution in [0, 0.1) is 4.77 Å². The van der Waals surface area contributed by atoms with Gasteiger partial charge in [-0.2, -0.15) is 0 Å². The molecular weight excluding hydrogens is 358 g/mol. The van der Waals surface area contributed by atoms with E-state index >= 15 is 0 Å². The summed E-state index contributed by atoms with van der Waals surface area (Å²) in [5.41, 5.74) is 1.84. The number of hydrogen-bond donors (Lipinski definition) is 2. The number of aromatic nitrogens is 2. The highest BCUT2D eigenvalue weighted by Gasteiger charge is 2.13. The van der Waals surface area contributed by atoms with Gasteiger partial charge in [0.2, 0.25) is 0 Å². The first-order chi connectivity index (χ1) is 13.0. The summed E-state index contributed by atoms with van der Waals surface area (Å²) in [6, 6.07) is 19.3. The Bertz CT molecular complexity index is 1290. The summed E-state index contributed by atoms with van der Waals surface area (Å²) in [6.07, 6.45) is 0. The van der Waals surface area contributed by atoms with Gasteiger partial charge in [0.15, 0.2) is 4.77 Å². The maximum absolute atomic E-state index is 12.8. The van der Waals surface area contributed by atoms with Crippen molar-refractivity contribution in [2.75, 3.05) is 7.05 Å². The number of H-pyrrole nitrogens is 2. The Hall–Kier alpha value is -3.25. The van der Waals surface area contributed by atoms with Crippen molar-refractivity contribution < 1.29 is 4.79 Å². The number of carbonyl (C=O) groups excluding carboxylic acids is 1. The number of aromatic amines is 2. The Morgan fingerprint density at radius 3 is 2.59 bits per heavy atom. The van der Waals surface area contributed by atoms with Crippen LogP contribution in [0.3, 0.4) is 0 Å². The molecule has 3 aromatic carbocycles. The number of nitrogens with zero attached hydrogens (tertiary/aromatic N) is 1. The average Bonchev–Trinajstić information content (AvgIpc) is 2.66. The van der Waals surface area contributed by atoms with Gasteiger partial charge in [-0.05, 0) is 52.8 Å². The number of nitrogens with one attached hydrogen (secondary N) is 2. The normalized spacial score (nSPS) is 11.0. The molecule has 0 aliphatic carbocycles. The highest BCUT2D eigenvalue weighted by molar-refractivity contribution is 7.71.